The Labute approximate surface area is 156 Å². The number of benzene rings is 1. The Bertz CT molecular complexity index is 792. The van der Waals surface area contributed by atoms with Crippen molar-refractivity contribution < 1.29 is 18.0 Å². The van der Waals surface area contributed by atoms with Gasteiger partial charge in [-0.25, -0.2) is 4.98 Å². The minimum absolute atomic E-state index is 0.0107. The average molecular weight is 382 g/mol. The van der Waals surface area contributed by atoms with Gasteiger partial charge in [-0.3, -0.25) is 9.69 Å². The predicted molar refractivity (Wildman–Crippen MR) is 97.2 cm³/mol. The van der Waals surface area contributed by atoms with Crippen molar-refractivity contribution in [2.24, 2.45) is 5.92 Å². The third-order valence-electron chi connectivity index (χ3n) is 4.87. The summed E-state index contributed by atoms with van der Waals surface area (Å²) in [6.07, 6.45) is -2.95. The first-order chi connectivity index (χ1) is 12.7. The number of aromatic nitrogens is 2. The number of piperidine rings is 1. The van der Waals surface area contributed by atoms with Crippen LogP contribution < -0.4 is 5.32 Å². The lowest BCUT2D eigenvalue weighted by molar-refractivity contribution is -0.147. The number of fused-ring (bicyclic) bond motifs is 1. The van der Waals surface area contributed by atoms with E-state index < -0.39 is 12.0 Å². The van der Waals surface area contributed by atoms with Gasteiger partial charge in [-0.05, 0) is 57.8 Å². The minimum Gasteiger partial charge on any atom is -0.353 e. The van der Waals surface area contributed by atoms with Gasteiger partial charge in [0.05, 0.1) is 17.6 Å². The maximum absolute atomic E-state index is 13.4. The highest BCUT2D eigenvalue weighted by molar-refractivity contribution is 5.78. The number of imidazole rings is 1. The van der Waals surface area contributed by atoms with Crippen LogP contribution >= 0.6 is 0 Å². The van der Waals surface area contributed by atoms with Crippen molar-refractivity contribution >= 4 is 16.9 Å². The summed E-state index contributed by atoms with van der Waals surface area (Å²) in [6, 6.07) is 6.82. The molecule has 0 atom stereocenters. The Morgan fingerprint density at radius 2 is 1.93 bits per heavy atom. The first-order valence-electron chi connectivity index (χ1n) is 9.28. The van der Waals surface area contributed by atoms with E-state index in [-0.39, 0.29) is 17.9 Å². The van der Waals surface area contributed by atoms with Crippen molar-refractivity contribution in [2.75, 3.05) is 19.6 Å². The van der Waals surface area contributed by atoms with Gasteiger partial charge in [0.15, 0.2) is 0 Å². The molecule has 1 amide bonds. The van der Waals surface area contributed by atoms with Gasteiger partial charge < -0.3 is 9.88 Å². The maximum atomic E-state index is 13.4. The van der Waals surface area contributed by atoms with Crippen molar-refractivity contribution in [3.05, 3.63) is 30.1 Å². The summed E-state index contributed by atoms with van der Waals surface area (Å²) in [6.45, 7) is 5.89. The van der Waals surface area contributed by atoms with E-state index in [1.54, 1.807) is 24.3 Å². The van der Waals surface area contributed by atoms with E-state index in [0.29, 0.717) is 37.2 Å². The Balaban J connectivity index is 1.66. The zero-order chi connectivity index (χ0) is 19.6. The molecular formula is C19H25F3N4O. The molecule has 8 heteroatoms. The second-order valence-electron chi connectivity index (χ2n) is 7.47. The van der Waals surface area contributed by atoms with Crippen LogP contribution in [0.1, 0.15) is 32.5 Å². The number of hydrogen-bond acceptors (Lipinski definition) is 3. The molecule has 1 aromatic heterocycles. The molecule has 1 N–H and O–H groups in total. The van der Waals surface area contributed by atoms with Gasteiger partial charge in [-0.2, -0.15) is 13.2 Å². The smallest absolute Gasteiger partial charge is 0.353 e. The highest BCUT2D eigenvalue weighted by Gasteiger charge is 2.38. The summed E-state index contributed by atoms with van der Waals surface area (Å²) < 4.78 is 41.6. The van der Waals surface area contributed by atoms with E-state index in [2.05, 4.69) is 15.2 Å². The lowest BCUT2D eigenvalue weighted by Crippen LogP contribution is -2.43. The van der Waals surface area contributed by atoms with Crippen LogP contribution in [0.4, 0.5) is 13.2 Å². The van der Waals surface area contributed by atoms with Crippen LogP contribution in [0.3, 0.4) is 0 Å². The average Bonchev–Trinajstić information content (AvgIpc) is 2.95. The van der Waals surface area contributed by atoms with Crippen molar-refractivity contribution in [3.63, 3.8) is 0 Å². The zero-order valence-corrected chi connectivity index (χ0v) is 15.6. The molecule has 0 saturated carbocycles. The van der Waals surface area contributed by atoms with E-state index >= 15 is 0 Å². The molecule has 2 heterocycles. The number of carbonyl (C=O) groups is 1. The molecule has 27 heavy (non-hydrogen) atoms. The standard InChI is InChI=1S/C19H25F3N4O/c1-13(2)23-17(27)12-25-9-7-14(8-10-25)11-26-16-6-4-3-5-15(16)24-18(26)19(20,21)22/h3-6,13-14H,7-12H2,1-2H3,(H,23,27). The van der Waals surface area contributed by atoms with E-state index in [1.807, 2.05) is 13.8 Å². The van der Waals surface area contributed by atoms with Crippen molar-refractivity contribution in [2.45, 2.75) is 45.5 Å². The fourth-order valence-corrected chi connectivity index (χ4v) is 3.63. The fraction of sp³-hybridized carbons (Fsp3) is 0.579. The van der Waals surface area contributed by atoms with E-state index in [1.165, 1.54) is 4.57 Å². The van der Waals surface area contributed by atoms with Crippen LogP contribution in [0, 0.1) is 5.92 Å². The van der Waals surface area contributed by atoms with Gasteiger partial charge in [-0.1, -0.05) is 12.1 Å². The van der Waals surface area contributed by atoms with Gasteiger partial charge in [0, 0.05) is 12.6 Å². The van der Waals surface area contributed by atoms with Gasteiger partial charge >= 0.3 is 6.18 Å². The van der Waals surface area contributed by atoms with Crippen molar-refractivity contribution in [1.29, 1.82) is 0 Å². The van der Waals surface area contributed by atoms with Crippen molar-refractivity contribution in [3.8, 4) is 0 Å². The molecule has 0 spiro atoms. The van der Waals surface area contributed by atoms with Crippen molar-refractivity contribution in [1.82, 2.24) is 19.8 Å². The molecule has 0 aliphatic carbocycles. The summed E-state index contributed by atoms with van der Waals surface area (Å²) in [7, 11) is 0. The number of nitrogens with one attached hydrogen (secondary N) is 1. The van der Waals surface area contributed by atoms with Crippen LogP contribution in [-0.4, -0.2) is 46.0 Å². The molecule has 0 unspecified atom stereocenters. The topological polar surface area (TPSA) is 50.2 Å². The molecule has 0 bridgehead atoms. The molecule has 1 saturated heterocycles. The van der Waals surface area contributed by atoms with Crippen LogP contribution in [0.2, 0.25) is 0 Å². The summed E-state index contributed by atoms with van der Waals surface area (Å²) in [4.78, 5) is 17.7. The monoisotopic (exact) mass is 382 g/mol. The Morgan fingerprint density at radius 3 is 2.56 bits per heavy atom. The zero-order valence-electron chi connectivity index (χ0n) is 15.6. The third-order valence-corrected chi connectivity index (χ3v) is 4.87. The molecular weight excluding hydrogens is 357 g/mol. The molecule has 2 aromatic rings. The van der Waals surface area contributed by atoms with Crippen LogP contribution in [0.5, 0.6) is 0 Å². The minimum atomic E-state index is -4.48. The van der Waals surface area contributed by atoms with Crippen LogP contribution in [0.25, 0.3) is 11.0 Å². The molecule has 3 rings (SSSR count). The number of carbonyl (C=O) groups excluding carboxylic acids is 1. The summed E-state index contributed by atoms with van der Waals surface area (Å²) in [5, 5.41) is 2.86. The Hall–Kier alpha value is -2.09. The SMILES string of the molecule is CC(C)NC(=O)CN1CCC(Cn2c(C(F)(F)F)nc3ccccc32)CC1. The number of nitrogens with zero attached hydrogens (tertiary/aromatic N) is 3. The summed E-state index contributed by atoms with van der Waals surface area (Å²) in [5.41, 5.74) is 0.885. The molecule has 1 fully saturated rings. The van der Waals surface area contributed by atoms with Crippen LogP contribution in [-0.2, 0) is 17.5 Å². The number of alkyl halides is 3. The Kier molecular flexibility index (Phi) is 5.74. The largest absolute Gasteiger partial charge is 0.449 e. The lowest BCUT2D eigenvalue weighted by atomic mass is 9.96. The lowest BCUT2D eigenvalue weighted by Gasteiger charge is -2.32. The van der Waals surface area contributed by atoms with Gasteiger partial charge in [0.1, 0.15) is 0 Å². The first-order valence-corrected chi connectivity index (χ1v) is 9.28. The quantitative estimate of drug-likeness (QED) is 0.863. The highest BCUT2D eigenvalue weighted by Crippen LogP contribution is 2.33. The molecule has 1 aliphatic rings. The molecule has 1 aromatic carbocycles. The highest BCUT2D eigenvalue weighted by atomic mass is 19.4. The maximum Gasteiger partial charge on any atom is 0.449 e. The van der Waals surface area contributed by atoms with Gasteiger partial charge in [0.25, 0.3) is 0 Å². The second kappa shape index (κ2) is 7.88. The number of para-hydroxylation sites is 2. The number of amides is 1. The Morgan fingerprint density at radius 1 is 1.26 bits per heavy atom. The molecule has 0 radical (unpaired) electrons. The molecule has 1 aliphatic heterocycles. The molecule has 148 valence electrons. The van der Waals surface area contributed by atoms with E-state index in [9.17, 15) is 18.0 Å². The summed E-state index contributed by atoms with van der Waals surface area (Å²) >= 11 is 0. The van der Waals surface area contributed by atoms with E-state index in [4.69, 9.17) is 0 Å². The van der Waals surface area contributed by atoms with Gasteiger partial charge in [-0.15, -0.1) is 0 Å². The normalized spacial score (nSPS) is 17.0. The van der Waals surface area contributed by atoms with E-state index in [0.717, 1.165) is 12.8 Å². The third kappa shape index (κ3) is 4.80. The number of likely N-dealkylation sites (tertiary alicyclic amines) is 1. The van der Waals surface area contributed by atoms with Crippen LogP contribution in [0.15, 0.2) is 24.3 Å². The predicted octanol–water partition coefficient (Wildman–Crippen LogP) is 3.29. The number of rotatable bonds is 5. The van der Waals surface area contributed by atoms with Gasteiger partial charge in [0.2, 0.25) is 11.7 Å². The number of halogens is 3. The molecule has 5 nitrogen and oxygen atoms in total. The first kappa shape index (κ1) is 19.7. The number of hydrogen-bond donors (Lipinski definition) is 1. The fourth-order valence-electron chi connectivity index (χ4n) is 3.63. The summed E-state index contributed by atoms with van der Waals surface area (Å²) in [5.74, 6) is -0.709. The second-order valence-corrected chi connectivity index (χ2v) is 7.47.